The molecule has 0 saturated carbocycles. The number of pyridine rings is 1. The van der Waals surface area contributed by atoms with Crippen molar-refractivity contribution in [2.45, 2.75) is 39.4 Å². The summed E-state index contributed by atoms with van der Waals surface area (Å²) < 4.78 is 40.4. The van der Waals surface area contributed by atoms with Gasteiger partial charge in [-0.15, -0.1) is 0 Å². The van der Waals surface area contributed by atoms with Gasteiger partial charge in [0.1, 0.15) is 11.5 Å². The Morgan fingerprint density at radius 3 is 2.71 bits per heavy atom. The molecule has 1 atom stereocenters. The smallest absolute Gasteiger partial charge is 0.369 e. The van der Waals surface area contributed by atoms with Crippen LogP contribution >= 0.6 is 0 Å². The third-order valence-electron chi connectivity index (χ3n) is 4.73. The first-order chi connectivity index (χ1) is 13.3. The van der Waals surface area contributed by atoms with Crippen LogP contribution in [-0.2, 0) is 12.7 Å². The molecule has 0 bridgehead atoms. The molecule has 9 heteroatoms. The normalized spacial score (nSPS) is 15.7. The third-order valence-corrected chi connectivity index (χ3v) is 4.73. The number of halogens is 3. The summed E-state index contributed by atoms with van der Waals surface area (Å²) in [7, 11) is 0. The molecule has 1 saturated heterocycles. The average Bonchev–Trinajstić information content (AvgIpc) is 3.29. The number of aromatic nitrogens is 3. The Labute approximate surface area is 161 Å². The Bertz CT molecular complexity index is 827. The lowest BCUT2D eigenvalue weighted by Crippen LogP contribution is -2.29. The summed E-state index contributed by atoms with van der Waals surface area (Å²) in [6.45, 7) is 5.32. The van der Waals surface area contributed by atoms with E-state index in [2.05, 4.69) is 15.4 Å². The van der Waals surface area contributed by atoms with E-state index in [4.69, 9.17) is 0 Å². The van der Waals surface area contributed by atoms with Crippen molar-refractivity contribution in [3.63, 3.8) is 0 Å². The Morgan fingerprint density at radius 2 is 2.04 bits per heavy atom. The van der Waals surface area contributed by atoms with Gasteiger partial charge in [-0.05, 0) is 43.9 Å². The largest absolute Gasteiger partial charge is 0.433 e. The molecule has 0 aromatic carbocycles. The molecule has 2 aromatic heterocycles. The van der Waals surface area contributed by atoms with E-state index in [0.717, 1.165) is 36.7 Å². The second kappa shape index (κ2) is 8.20. The highest BCUT2D eigenvalue weighted by molar-refractivity contribution is 5.98. The van der Waals surface area contributed by atoms with Crippen molar-refractivity contribution < 1.29 is 18.0 Å². The zero-order chi connectivity index (χ0) is 20.3. The summed E-state index contributed by atoms with van der Waals surface area (Å²) in [5, 5.41) is 7.08. The zero-order valence-electron chi connectivity index (χ0n) is 16.0. The van der Waals surface area contributed by atoms with E-state index >= 15 is 0 Å². The molecule has 3 heterocycles. The molecule has 28 heavy (non-hydrogen) atoms. The van der Waals surface area contributed by atoms with Gasteiger partial charge in [0.15, 0.2) is 0 Å². The number of carbonyl (C=O) groups is 1. The van der Waals surface area contributed by atoms with Crippen molar-refractivity contribution in [2.75, 3.05) is 25.0 Å². The Balaban J connectivity index is 1.66. The Morgan fingerprint density at radius 1 is 1.32 bits per heavy atom. The lowest BCUT2D eigenvalue weighted by atomic mass is 10.1. The van der Waals surface area contributed by atoms with E-state index in [1.807, 2.05) is 6.92 Å². The highest BCUT2D eigenvalue weighted by Crippen LogP contribution is 2.30. The molecular weight excluding hydrogens is 371 g/mol. The fourth-order valence-corrected chi connectivity index (χ4v) is 3.35. The number of anilines is 1. The highest BCUT2D eigenvalue weighted by atomic mass is 19.4. The molecule has 2 aromatic rings. The summed E-state index contributed by atoms with van der Waals surface area (Å²) >= 11 is 0. The molecule has 1 N–H and O–H groups in total. The molecular formula is C19H24F3N5O. The standard InChI is InChI=1S/C19H24F3N5O/c1-13(12-27-16(19(20,21)22)10-14(2)25-27)11-24-17-15(6-5-7-23-17)18(28)26-8-3-4-9-26/h5-7,10,13H,3-4,8-9,11-12H2,1-2H3,(H,23,24). The minimum atomic E-state index is -4.44. The summed E-state index contributed by atoms with van der Waals surface area (Å²) in [4.78, 5) is 18.7. The van der Waals surface area contributed by atoms with E-state index in [-0.39, 0.29) is 18.4 Å². The molecule has 0 radical (unpaired) electrons. The van der Waals surface area contributed by atoms with Crippen LogP contribution in [0.2, 0.25) is 0 Å². The second-order valence-corrected chi connectivity index (χ2v) is 7.24. The Hall–Kier alpha value is -2.58. The van der Waals surface area contributed by atoms with Crippen molar-refractivity contribution >= 4 is 11.7 Å². The Kier molecular flexibility index (Phi) is 5.90. The number of nitrogens with zero attached hydrogens (tertiary/aromatic N) is 4. The number of likely N-dealkylation sites (tertiary alicyclic amines) is 1. The average molecular weight is 395 g/mol. The number of carbonyl (C=O) groups excluding carboxylic acids is 1. The van der Waals surface area contributed by atoms with Crippen molar-refractivity contribution in [2.24, 2.45) is 5.92 Å². The fraction of sp³-hybridized carbons (Fsp3) is 0.526. The highest BCUT2D eigenvalue weighted by Gasteiger charge is 2.35. The van der Waals surface area contributed by atoms with Crippen molar-refractivity contribution in [1.29, 1.82) is 0 Å². The van der Waals surface area contributed by atoms with Crippen LogP contribution in [-0.4, -0.2) is 45.2 Å². The maximum atomic E-state index is 13.1. The van der Waals surface area contributed by atoms with E-state index in [1.54, 1.807) is 30.2 Å². The van der Waals surface area contributed by atoms with Gasteiger partial charge in [0.2, 0.25) is 0 Å². The van der Waals surface area contributed by atoms with Crippen LogP contribution in [0.3, 0.4) is 0 Å². The van der Waals surface area contributed by atoms with Crippen LogP contribution in [0.1, 0.15) is 41.5 Å². The monoisotopic (exact) mass is 395 g/mol. The van der Waals surface area contributed by atoms with Crippen molar-refractivity contribution in [1.82, 2.24) is 19.7 Å². The van der Waals surface area contributed by atoms with Gasteiger partial charge in [0.05, 0.1) is 11.3 Å². The summed E-state index contributed by atoms with van der Waals surface area (Å²) in [6.07, 6.45) is -0.857. The maximum absolute atomic E-state index is 13.1. The van der Waals surface area contributed by atoms with Gasteiger partial charge in [-0.2, -0.15) is 18.3 Å². The molecule has 1 fully saturated rings. The second-order valence-electron chi connectivity index (χ2n) is 7.24. The van der Waals surface area contributed by atoms with E-state index in [9.17, 15) is 18.0 Å². The van der Waals surface area contributed by atoms with Crippen LogP contribution in [0.15, 0.2) is 24.4 Å². The first-order valence-electron chi connectivity index (χ1n) is 9.35. The lowest BCUT2D eigenvalue weighted by Gasteiger charge is -2.19. The van der Waals surface area contributed by atoms with Gasteiger partial charge in [-0.25, -0.2) is 4.98 Å². The first kappa shape index (κ1) is 20.2. The number of rotatable bonds is 6. The minimum absolute atomic E-state index is 0.0668. The van der Waals surface area contributed by atoms with Crippen LogP contribution in [0.4, 0.5) is 19.0 Å². The number of hydrogen-bond donors (Lipinski definition) is 1. The predicted molar refractivity (Wildman–Crippen MR) is 99.0 cm³/mol. The topological polar surface area (TPSA) is 63.1 Å². The number of alkyl halides is 3. The van der Waals surface area contributed by atoms with Crippen molar-refractivity contribution in [3.8, 4) is 0 Å². The lowest BCUT2D eigenvalue weighted by molar-refractivity contribution is -0.144. The molecule has 3 rings (SSSR count). The van der Waals surface area contributed by atoms with Crippen LogP contribution in [0.5, 0.6) is 0 Å². The van der Waals surface area contributed by atoms with Crippen molar-refractivity contribution in [3.05, 3.63) is 41.3 Å². The third kappa shape index (κ3) is 4.63. The molecule has 1 amide bonds. The summed E-state index contributed by atoms with van der Waals surface area (Å²) in [5.74, 6) is 0.235. The van der Waals surface area contributed by atoms with E-state index in [0.29, 0.717) is 23.6 Å². The quantitative estimate of drug-likeness (QED) is 0.812. The summed E-state index contributed by atoms with van der Waals surface area (Å²) in [5.41, 5.74) is 0.0674. The van der Waals surface area contributed by atoms with Crippen LogP contribution < -0.4 is 5.32 Å². The van der Waals surface area contributed by atoms with Gasteiger partial charge < -0.3 is 10.2 Å². The number of amides is 1. The van der Waals surface area contributed by atoms with E-state index in [1.165, 1.54) is 0 Å². The molecule has 1 aliphatic rings. The minimum Gasteiger partial charge on any atom is -0.369 e. The molecule has 152 valence electrons. The number of nitrogens with one attached hydrogen (secondary N) is 1. The van der Waals surface area contributed by atoms with Gasteiger partial charge in [0, 0.05) is 32.4 Å². The zero-order valence-corrected chi connectivity index (χ0v) is 16.0. The van der Waals surface area contributed by atoms with E-state index < -0.39 is 11.9 Å². The fourth-order valence-electron chi connectivity index (χ4n) is 3.35. The van der Waals surface area contributed by atoms with Crippen LogP contribution in [0.25, 0.3) is 0 Å². The maximum Gasteiger partial charge on any atom is 0.433 e. The van der Waals surface area contributed by atoms with Crippen LogP contribution in [0, 0.1) is 12.8 Å². The number of hydrogen-bond acceptors (Lipinski definition) is 4. The molecule has 1 aliphatic heterocycles. The van der Waals surface area contributed by atoms with Gasteiger partial charge >= 0.3 is 6.18 Å². The molecule has 0 aliphatic carbocycles. The van der Waals surface area contributed by atoms with Gasteiger partial charge in [-0.3, -0.25) is 9.48 Å². The van der Waals surface area contributed by atoms with Gasteiger partial charge in [-0.1, -0.05) is 6.92 Å². The van der Waals surface area contributed by atoms with Gasteiger partial charge in [0.25, 0.3) is 5.91 Å². The molecule has 6 nitrogen and oxygen atoms in total. The SMILES string of the molecule is Cc1cc(C(F)(F)F)n(CC(C)CNc2ncccc2C(=O)N2CCCC2)n1. The molecule has 1 unspecified atom stereocenters. The number of aryl methyl sites for hydroxylation is 1. The predicted octanol–water partition coefficient (Wildman–Crippen LogP) is 3.59. The first-order valence-corrected chi connectivity index (χ1v) is 9.35. The molecule has 0 spiro atoms. The summed E-state index contributed by atoms with van der Waals surface area (Å²) in [6, 6.07) is 4.48.